The molecule has 2 heterocycles. The Kier molecular flexibility index (Phi) is 1.16. The average molecular weight is 152 g/mol. The van der Waals surface area contributed by atoms with Gasteiger partial charge in [0.2, 0.25) is 0 Å². The molecule has 0 N–H and O–H groups in total. The van der Waals surface area contributed by atoms with E-state index in [1.165, 1.54) is 25.9 Å². The highest BCUT2D eigenvalue weighted by Gasteiger charge is 2.50. The molecule has 3 aliphatic rings. The smallest absolute Gasteiger partial charge is 0.0645 e. The maximum absolute atomic E-state index is 5.16. The second kappa shape index (κ2) is 1.99. The number of hydrogen-bond acceptors (Lipinski definition) is 2. The Bertz CT molecular complexity index is 164. The number of rotatable bonds is 1. The van der Waals surface area contributed by atoms with Crippen molar-refractivity contribution >= 4 is 0 Å². The van der Waals surface area contributed by atoms with Gasteiger partial charge >= 0.3 is 0 Å². The van der Waals surface area contributed by atoms with Crippen molar-refractivity contribution in [3.05, 3.63) is 6.42 Å². The highest BCUT2D eigenvalue weighted by Crippen LogP contribution is 2.48. The third-order valence-corrected chi connectivity index (χ3v) is 3.37. The third-order valence-electron chi connectivity index (χ3n) is 3.37. The number of hydrogen-bond donors (Lipinski definition) is 0. The summed E-state index contributed by atoms with van der Waals surface area (Å²) in [6.45, 7) is 4.66. The van der Waals surface area contributed by atoms with Crippen molar-refractivity contribution < 1.29 is 4.74 Å². The van der Waals surface area contributed by atoms with Gasteiger partial charge in [0, 0.05) is 13.1 Å². The van der Waals surface area contributed by atoms with Crippen LogP contribution in [0.3, 0.4) is 0 Å². The first-order chi connectivity index (χ1) is 5.38. The molecule has 2 nitrogen and oxygen atoms in total. The molecule has 0 unspecified atom stereocenters. The van der Waals surface area contributed by atoms with Crippen LogP contribution in [0.2, 0.25) is 0 Å². The Balaban J connectivity index is 1.55. The fraction of sp³-hybridized carbons (Fsp3) is 0.889. The molecule has 0 aromatic rings. The SMILES string of the molecule is [CH]1CC2(C1)CN(C1COC1)C2. The summed E-state index contributed by atoms with van der Waals surface area (Å²) in [7, 11) is 0. The highest BCUT2D eigenvalue weighted by atomic mass is 16.5. The summed E-state index contributed by atoms with van der Waals surface area (Å²) in [5.41, 5.74) is 0.746. The summed E-state index contributed by atoms with van der Waals surface area (Å²) in [6.07, 6.45) is 5.16. The lowest BCUT2D eigenvalue weighted by molar-refractivity contribution is -0.142. The molecule has 0 amide bonds. The number of likely N-dealkylation sites (tertiary alicyclic amines) is 1. The predicted molar refractivity (Wildman–Crippen MR) is 42.1 cm³/mol. The minimum absolute atomic E-state index is 0.746. The van der Waals surface area contributed by atoms with Crippen molar-refractivity contribution in [3.63, 3.8) is 0 Å². The lowest BCUT2D eigenvalue weighted by atomic mass is 9.63. The molecule has 11 heavy (non-hydrogen) atoms. The fourth-order valence-electron chi connectivity index (χ4n) is 2.32. The zero-order valence-corrected chi connectivity index (χ0v) is 6.75. The Morgan fingerprint density at radius 2 is 2.00 bits per heavy atom. The Morgan fingerprint density at radius 3 is 2.36 bits per heavy atom. The van der Waals surface area contributed by atoms with Gasteiger partial charge in [-0.3, -0.25) is 4.90 Å². The van der Waals surface area contributed by atoms with Gasteiger partial charge in [-0.05, 0) is 24.7 Å². The normalized spacial score (nSPS) is 36.0. The Labute approximate surface area is 67.5 Å². The average Bonchev–Trinajstić information content (AvgIpc) is 1.66. The molecule has 1 radical (unpaired) electrons. The van der Waals surface area contributed by atoms with Crippen LogP contribution in [0.1, 0.15) is 12.8 Å². The Hall–Kier alpha value is -0.0800. The van der Waals surface area contributed by atoms with Gasteiger partial charge in [-0.25, -0.2) is 0 Å². The van der Waals surface area contributed by atoms with E-state index in [1.807, 2.05) is 0 Å². The van der Waals surface area contributed by atoms with Crippen LogP contribution in [0.4, 0.5) is 0 Å². The van der Waals surface area contributed by atoms with Crippen molar-refractivity contribution in [2.24, 2.45) is 5.41 Å². The maximum atomic E-state index is 5.16. The van der Waals surface area contributed by atoms with Crippen LogP contribution in [0.5, 0.6) is 0 Å². The van der Waals surface area contributed by atoms with Crippen LogP contribution >= 0.6 is 0 Å². The molecule has 0 aromatic heterocycles. The molecular formula is C9H14NO. The topological polar surface area (TPSA) is 12.5 Å². The molecule has 0 aromatic carbocycles. The minimum atomic E-state index is 0.746. The minimum Gasteiger partial charge on any atom is -0.378 e. The summed E-state index contributed by atoms with van der Waals surface area (Å²) >= 11 is 0. The van der Waals surface area contributed by atoms with Crippen molar-refractivity contribution in [2.75, 3.05) is 26.3 Å². The summed E-state index contributed by atoms with van der Waals surface area (Å²) in [5.74, 6) is 0. The predicted octanol–water partition coefficient (Wildman–Crippen LogP) is 0.685. The van der Waals surface area contributed by atoms with E-state index < -0.39 is 0 Å². The zero-order chi connectivity index (χ0) is 7.31. The fourth-order valence-corrected chi connectivity index (χ4v) is 2.32. The van der Waals surface area contributed by atoms with Gasteiger partial charge in [0.25, 0.3) is 0 Å². The van der Waals surface area contributed by atoms with Gasteiger partial charge in [0.15, 0.2) is 0 Å². The van der Waals surface area contributed by atoms with Gasteiger partial charge in [-0.15, -0.1) is 0 Å². The lowest BCUT2D eigenvalue weighted by Gasteiger charge is -2.59. The van der Waals surface area contributed by atoms with Gasteiger partial charge < -0.3 is 4.74 Å². The third kappa shape index (κ3) is 0.798. The molecule has 2 saturated heterocycles. The van der Waals surface area contributed by atoms with E-state index >= 15 is 0 Å². The lowest BCUT2D eigenvalue weighted by Crippen LogP contribution is -2.66. The van der Waals surface area contributed by atoms with E-state index in [0.717, 1.165) is 24.7 Å². The molecule has 2 heteroatoms. The van der Waals surface area contributed by atoms with Crippen LogP contribution in [-0.2, 0) is 4.74 Å². The van der Waals surface area contributed by atoms with Crippen molar-refractivity contribution in [1.82, 2.24) is 4.90 Å². The quantitative estimate of drug-likeness (QED) is 0.548. The van der Waals surface area contributed by atoms with Crippen LogP contribution in [-0.4, -0.2) is 37.2 Å². The summed E-state index contributed by atoms with van der Waals surface area (Å²) in [6, 6.07) is 0.779. The molecule has 1 aliphatic carbocycles. The first-order valence-corrected chi connectivity index (χ1v) is 4.52. The first kappa shape index (κ1) is 6.44. The van der Waals surface area contributed by atoms with Gasteiger partial charge in [0.05, 0.1) is 19.3 Å². The molecule has 3 fully saturated rings. The molecule has 0 bridgehead atoms. The van der Waals surface area contributed by atoms with E-state index in [4.69, 9.17) is 4.74 Å². The van der Waals surface area contributed by atoms with E-state index in [9.17, 15) is 0 Å². The maximum Gasteiger partial charge on any atom is 0.0645 e. The largest absolute Gasteiger partial charge is 0.378 e. The highest BCUT2D eigenvalue weighted by molar-refractivity contribution is 5.09. The first-order valence-electron chi connectivity index (χ1n) is 4.52. The zero-order valence-electron chi connectivity index (χ0n) is 6.75. The van der Waals surface area contributed by atoms with Crippen molar-refractivity contribution in [1.29, 1.82) is 0 Å². The molecule has 1 saturated carbocycles. The number of nitrogens with zero attached hydrogens (tertiary/aromatic N) is 1. The monoisotopic (exact) mass is 152 g/mol. The standard InChI is InChI=1S/C9H14NO/c1-2-9(3-1)6-10(7-9)8-4-11-5-8/h1,8H,2-7H2. The number of ether oxygens (including phenoxy) is 1. The van der Waals surface area contributed by atoms with Crippen LogP contribution in [0.25, 0.3) is 0 Å². The van der Waals surface area contributed by atoms with Crippen molar-refractivity contribution in [2.45, 2.75) is 18.9 Å². The van der Waals surface area contributed by atoms with Crippen LogP contribution < -0.4 is 0 Å². The van der Waals surface area contributed by atoms with Gasteiger partial charge in [-0.1, -0.05) is 0 Å². The van der Waals surface area contributed by atoms with Crippen LogP contribution in [0, 0.1) is 11.8 Å². The summed E-state index contributed by atoms with van der Waals surface area (Å²) in [5, 5.41) is 0. The summed E-state index contributed by atoms with van der Waals surface area (Å²) in [4.78, 5) is 2.58. The van der Waals surface area contributed by atoms with E-state index in [-0.39, 0.29) is 0 Å². The van der Waals surface area contributed by atoms with Crippen molar-refractivity contribution in [3.8, 4) is 0 Å². The summed E-state index contributed by atoms with van der Waals surface area (Å²) < 4.78 is 5.16. The van der Waals surface area contributed by atoms with Gasteiger partial charge in [0.1, 0.15) is 0 Å². The molecule has 1 spiro atoms. The van der Waals surface area contributed by atoms with E-state index in [0.29, 0.717) is 0 Å². The molecule has 61 valence electrons. The Morgan fingerprint density at radius 1 is 1.27 bits per heavy atom. The van der Waals surface area contributed by atoms with Crippen LogP contribution in [0.15, 0.2) is 0 Å². The molecule has 2 aliphatic heterocycles. The second-order valence-electron chi connectivity index (χ2n) is 4.29. The molecule has 3 rings (SSSR count). The van der Waals surface area contributed by atoms with E-state index in [2.05, 4.69) is 11.3 Å². The molecule has 0 atom stereocenters. The van der Waals surface area contributed by atoms with E-state index in [1.54, 1.807) is 0 Å². The van der Waals surface area contributed by atoms with Gasteiger partial charge in [-0.2, -0.15) is 0 Å². The molecular weight excluding hydrogens is 138 g/mol. The second-order valence-corrected chi connectivity index (χ2v) is 4.29.